The molecule has 0 saturated carbocycles. The SMILES string of the molecule is CON=C1CCC[C@@H](COc2nc(Cl)c(F)c3nc(Cl)[nH]c(=O)c23)NC1. The van der Waals surface area contributed by atoms with Crippen LogP contribution in [0.3, 0.4) is 0 Å². The van der Waals surface area contributed by atoms with Crippen LogP contribution in [0.25, 0.3) is 10.9 Å². The van der Waals surface area contributed by atoms with Crippen LogP contribution in [0.2, 0.25) is 10.4 Å². The number of ether oxygens (including phenoxy) is 1. The first kappa shape index (κ1) is 18.8. The van der Waals surface area contributed by atoms with Crippen molar-refractivity contribution >= 4 is 39.8 Å². The van der Waals surface area contributed by atoms with E-state index in [-0.39, 0.29) is 34.7 Å². The fraction of sp³-hybridized carbons (Fsp3) is 0.467. The fourth-order valence-electron chi connectivity index (χ4n) is 2.73. The Bertz CT molecular complexity index is 905. The second-order valence-electron chi connectivity index (χ2n) is 5.72. The van der Waals surface area contributed by atoms with Crippen molar-refractivity contribution in [3.05, 3.63) is 26.6 Å². The number of pyridine rings is 1. The van der Waals surface area contributed by atoms with Crippen LogP contribution in [0.15, 0.2) is 9.95 Å². The van der Waals surface area contributed by atoms with Gasteiger partial charge in [-0.05, 0) is 30.9 Å². The topological polar surface area (TPSA) is 101 Å². The highest BCUT2D eigenvalue weighted by molar-refractivity contribution is 6.30. The molecule has 2 aromatic rings. The van der Waals surface area contributed by atoms with Crippen LogP contribution in [-0.4, -0.2) is 47.0 Å². The van der Waals surface area contributed by atoms with Crippen molar-refractivity contribution < 1.29 is 14.0 Å². The van der Waals surface area contributed by atoms with Gasteiger partial charge in [-0.25, -0.2) is 9.37 Å². The summed E-state index contributed by atoms with van der Waals surface area (Å²) in [4.78, 5) is 26.9. The van der Waals surface area contributed by atoms with E-state index in [9.17, 15) is 9.18 Å². The van der Waals surface area contributed by atoms with Crippen molar-refractivity contribution in [1.82, 2.24) is 20.3 Å². The van der Waals surface area contributed by atoms with E-state index >= 15 is 0 Å². The molecule has 0 unspecified atom stereocenters. The number of fused-ring (bicyclic) bond motifs is 1. The van der Waals surface area contributed by atoms with Crippen molar-refractivity contribution in [2.45, 2.75) is 25.3 Å². The Labute approximate surface area is 157 Å². The first-order valence-electron chi connectivity index (χ1n) is 7.89. The number of hydrogen-bond acceptors (Lipinski definition) is 7. The summed E-state index contributed by atoms with van der Waals surface area (Å²) in [6, 6.07) is -0.000393. The lowest BCUT2D eigenvalue weighted by Gasteiger charge is -2.16. The summed E-state index contributed by atoms with van der Waals surface area (Å²) < 4.78 is 19.8. The van der Waals surface area contributed by atoms with Crippen molar-refractivity contribution in [3.8, 4) is 5.88 Å². The maximum Gasteiger partial charge on any atom is 0.265 e. The summed E-state index contributed by atoms with van der Waals surface area (Å²) in [5, 5.41) is 6.43. The quantitative estimate of drug-likeness (QED) is 0.461. The molecule has 1 aliphatic heterocycles. The van der Waals surface area contributed by atoms with Crippen LogP contribution >= 0.6 is 23.2 Å². The summed E-state index contributed by atoms with van der Waals surface area (Å²) in [6.45, 7) is 0.782. The molecule has 2 N–H and O–H groups in total. The Hall–Kier alpha value is -1.97. The fourth-order valence-corrected chi connectivity index (χ4v) is 3.07. The maximum absolute atomic E-state index is 14.1. The van der Waals surface area contributed by atoms with Gasteiger partial charge in [0.05, 0.1) is 5.71 Å². The van der Waals surface area contributed by atoms with Gasteiger partial charge in [0, 0.05) is 12.6 Å². The zero-order chi connectivity index (χ0) is 18.7. The molecule has 0 radical (unpaired) electrons. The first-order valence-corrected chi connectivity index (χ1v) is 8.64. The standard InChI is InChI=1S/C15H16Cl2FN5O3/c1-25-23-7-3-2-4-8(19-5-7)6-26-14-9-11(10(18)12(16)21-14)20-15(17)22-13(9)24/h8,19H,2-6H2,1H3,(H,20,22,24)/t8-/m0/s1. The van der Waals surface area contributed by atoms with Crippen molar-refractivity contribution in [3.63, 3.8) is 0 Å². The molecule has 3 rings (SSSR count). The zero-order valence-corrected chi connectivity index (χ0v) is 15.3. The molecule has 0 amide bonds. The molecule has 0 aromatic carbocycles. The number of aromatic amines is 1. The number of H-pyrrole nitrogens is 1. The molecule has 140 valence electrons. The molecule has 0 aliphatic carbocycles. The molecule has 11 heteroatoms. The normalized spacial score (nSPS) is 19.5. The summed E-state index contributed by atoms with van der Waals surface area (Å²) in [7, 11) is 1.51. The molecular weight excluding hydrogens is 388 g/mol. The molecule has 26 heavy (non-hydrogen) atoms. The number of nitrogens with zero attached hydrogens (tertiary/aromatic N) is 3. The van der Waals surface area contributed by atoms with Crippen LogP contribution in [0.5, 0.6) is 5.88 Å². The summed E-state index contributed by atoms with van der Waals surface area (Å²) in [6.07, 6.45) is 2.55. The Kier molecular flexibility index (Phi) is 5.90. The molecule has 0 bridgehead atoms. The van der Waals surface area contributed by atoms with Crippen LogP contribution < -0.4 is 15.6 Å². The molecule has 8 nitrogen and oxygen atoms in total. The highest BCUT2D eigenvalue weighted by Gasteiger charge is 2.21. The molecule has 1 aliphatic rings. The van der Waals surface area contributed by atoms with Crippen molar-refractivity contribution in [1.29, 1.82) is 0 Å². The summed E-state index contributed by atoms with van der Waals surface area (Å²) >= 11 is 11.5. The van der Waals surface area contributed by atoms with Gasteiger partial charge in [-0.3, -0.25) is 9.78 Å². The molecule has 1 fully saturated rings. The minimum absolute atomic E-state index is 0.000393. The number of hydrogen-bond donors (Lipinski definition) is 2. The van der Waals surface area contributed by atoms with E-state index in [2.05, 4.69) is 25.4 Å². The number of rotatable bonds is 4. The van der Waals surface area contributed by atoms with Gasteiger partial charge in [0.15, 0.2) is 11.0 Å². The van der Waals surface area contributed by atoms with Crippen molar-refractivity contribution in [2.75, 3.05) is 20.3 Å². The van der Waals surface area contributed by atoms with Crippen molar-refractivity contribution in [2.24, 2.45) is 5.16 Å². The summed E-state index contributed by atoms with van der Waals surface area (Å²) in [5.74, 6) is -1.01. The smallest absolute Gasteiger partial charge is 0.265 e. The first-order chi connectivity index (χ1) is 12.5. The van der Waals surface area contributed by atoms with Gasteiger partial charge in [-0.2, -0.15) is 4.98 Å². The molecule has 0 spiro atoms. The average Bonchev–Trinajstić information content (AvgIpc) is 2.82. The van der Waals surface area contributed by atoms with Crippen LogP contribution in [0.4, 0.5) is 4.39 Å². The van der Waals surface area contributed by atoms with E-state index in [4.69, 9.17) is 32.8 Å². The minimum Gasteiger partial charge on any atom is -0.475 e. The van der Waals surface area contributed by atoms with Gasteiger partial charge in [-0.15, -0.1) is 0 Å². The number of halogens is 3. The predicted molar refractivity (Wildman–Crippen MR) is 95.7 cm³/mol. The Morgan fingerprint density at radius 1 is 1.38 bits per heavy atom. The highest BCUT2D eigenvalue weighted by atomic mass is 35.5. The van der Waals surface area contributed by atoms with Gasteiger partial charge < -0.3 is 14.9 Å². The third kappa shape index (κ3) is 4.05. The third-order valence-corrected chi connectivity index (χ3v) is 4.38. The van der Waals surface area contributed by atoms with E-state index in [1.165, 1.54) is 7.11 Å². The number of aromatic nitrogens is 3. The van der Waals surface area contributed by atoms with Crippen LogP contribution in [0, 0.1) is 5.82 Å². The maximum atomic E-state index is 14.1. The van der Waals surface area contributed by atoms with Gasteiger partial charge in [0.25, 0.3) is 5.56 Å². The van der Waals surface area contributed by atoms with Gasteiger partial charge >= 0.3 is 0 Å². The minimum atomic E-state index is -0.921. The Morgan fingerprint density at radius 3 is 2.96 bits per heavy atom. The third-order valence-electron chi connectivity index (χ3n) is 3.95. The second-order valence-corrected chi connectivity index (χ2v) is 6.44. The molecule has 3 heterocycles. The van der Waals surface area contributed by atoms with E-state index in [1.54, 1.807) is 0 Å². The molecule has 1 saturated heterocycles. The largest absolute Gasteiger partial charge is 0.475 e. The van der Waals surface area contributed by atoms with Crippen LogP contribution in [0.1, 0.15) is 19.3 Å². The molecular formula is C15H16Cl2FN5O3. The van der Waals surface area contributed by atoms with E-state index in [0.29, 0.717) is 6.54 Å². The Morgan fingerprint density at radius 2 is 2.19 bits per heavy atom. The van der Waals surface area contributed by atoms with E-state index in [0.717, 1.165) is 25.0 Å². The monoisotopic (exact) mass is 403 g/mol. The Balaban J connectivity index is 1.82. The van der Waals surface area contributed by atoms with Gasteiger partial charge in [0.2, 0.25) is 11.2 Å². The lowest BCUT2D eigenvalue weighted by atomic mass is 10.1. The van der Waals surface area contributed by atoms with Crippen LogP contribution in [-0.2, 0) is 4.84 Å². The lowest BCUT2D eigenvalue weighted by Crippen LogP contribution is -2.36. The summed E-state index contributed by atoms with van der Waals surface area (Å²) in [5.41, 5.74) is -0.0165. The van der Waals surface area contributed by atoms with E-state index in [1.807, 2.05) is 0 Å². The number of nitrogens with one attached hydrogen (secondary N) is 2. The van der Waals surface area contributed by atoms with E-state index < -0.39 is 16.5 Å². The second kappa shape index (κ2) is 8.15. The zero-order valence-electron chi connectivity index (χ0n) is 13.8. The predicted octanol–water partition coefficient (Wildman–Crippen LogP) is 2.29. The highest BCUT2D eigenvalue weighted by Crippen LogP contribution is 2.27. The molecule has 2 aromatic heterocycles. The molecule has 1 atom stereocenters. The van der Waals surface area contributed by atoms with Gasteiger partial charge in [-0.1, -0.05) is 16.8 Å². The number of oxime groups is 1. The average molecular weight is 404 g/mol. The lowest BCUT2D eigenvalue weighted by molar-refractivity contribution is 0.211. The van der Waals surface area contributed by atoms with Gasteiger partial charge in [0.1, 0.15) is 24.6 Å².